The molecule has 2 unspecified atom stereocenters. The molecule has 0 radical (unpaired) electrons. The first-order valence-corrected chi connectivity index (χ1v) is 4.95. The van der Waals surface area contributed by atoms with Gasteiger partial charge in [0.05, 0.1) is 0 Å². The third kappa shape index (κ3) is 4.88. The summed E-state index contributed by atoms with van der Waals surface area (Å²) < 4.78 is 0. The van der Waals surface area contributed by atoms with E-state index in [-0.39, 0.29) is 5.92 Å². The Hall–Kier alpha value is -0.570. The Bertz CT molecular complexity index is 157. The fraction of sp³-hybridized carbons (Fsp3) is 0.900. The molecule has 3 heteroatoms. The molecule has 0 aliphatic rings. The molecule has 0 aromatic heterocycles. The number of rotatable bonds is 6. The van der Waals surface area contributed by atoms with Crippen LogP contribution < -0.4 is 5.32 Å². The van der Waals surface area contributed by atoms with Crippen molar-refractivity contribution < 1.29 is 9.90 Å². The van der Waals surface area contributed by atoms with Crippen LogP contribution in [0, 0.1) is 11.8 Å². The monoisotopic (exact) mass is 187 g/mol. The minimum Gasteiger partial charge on any atom is -0.480 e. The number of hydrogen-bond acceptors (Lipinski definition) is 2. The van der Waals surface area contributed by atoms with Crippen LogP contribution in [0.1, 0.15) is 34.1 Å². The van der Waals surface area contributed by atoms with Crippen LogP contribution in [-0.2, 0) is 4.79 Å². The molecule has 0 saturated heterocycles. The molecule has 0 rings (SSSR count). The van der Waals surface area contributed by atoms with E-state index in [1.54, 1.807) is 0 Å². The van der Waals surface area contributed by atoms with Crippen molar-refractivity contribution in [1.29, 1.82) is 0 Å². The summed E-state index contributed by atoms with van der Waals surface area (Å²) in [4.78, 5) is 10.8. The van der Waals surface area contributed by atoms with E-state index >= 15 is 0 Å². The summed E-state index contributed by atoms with van der Waals surface area (Å²) in [6, 6.07) is -0.408. The third-order valence-electron chi connectivity index (χ3n) is 2.32. The maximum atomic E-state index is 10.8. The zero-order valence-electron chi connectivity index (χ0n) is 9.00. The lowest BCUT2D eigenvalue weighted by Crippen LogP contribution is -2.42. The molecule has 0 aromatic carbocycles. The van der Waals surface area contributed by atoms with Gasteiger partial charge in [0, 0.05) is 0 Å². The van der Waals surface area contributed by atoms with Gasteiger partial charge in [0.1, 0.15) is 6.04 Å². The molecule has 0 aliphatic carbocycles. The first kappa shape index (κ1) is 12.4. The standard InChI is InChI=1S/C10H21NO2/c1-5-8(4)6-11-9(7(2)3)10(12)13/h7-9,11H,5-6H2,1-4H3,(H,12,13). The van der Waals surface area contributed by atoms with Gasteiger partial charge >= 0.3 is 5.97 Å². The molecule has 0 aliphatic heterocycles. The smallest absolute Gasteiger partial charge is 0.320 e. The lowest BCUT2D eigenvalue weighted by Gasteiger charge is -2.19. The summed E-state index contributed by atoms with van der Waals surface area (Å²) in [6.07, 6.45) is 1.08. The number of carboxylic acids is 1. The first-order chi connectivity index (χ1) is 5.99. The van der Waals surface area contributed by atoms with Crippen LogP contribution in [0.4, 0.5) is 0 Å². The zero-order valence-corrected chi connectivity index (χ0v) is 9.00. The van der Waals surface area contributed by atoms with Crippen LogP contribution in [0.25, 0.3) is 0 Å². The van der Waals surface area contributed by atoms with Crippen molar-refractivity contribution in [3.8, 4) is 0 Å². The Kier molecular flexibility index (Phi) is 5.71. The highest BCUT2D eigenvalue weighted by atomic mass is 16.4. The Morgan fingerprint density at radius 1 is 1.38 bits per heavy atom. The lowest BCUT2D eigenvalue weighted by molar-refractivity contribution is -0.140. The summed E-state index contributed by atoms with van der Waals surface area (Å²) in [5.41, 5.74) is 0. The van der Waals surface area contributed by atoms with Gasteiger partial charge in [-0.1, -0.05) is 34.1 Å². The zero-order chi connectivity index (χ0) is 10.4. The van der Waals surface area contributed by atoms with Gasteiger partial charge in [-0.3, -0.25) is 4.79 Å². The third-order valence-corrected chi connectivity index (χ3v) is 2.32. The Morgan fingerprint density at radius 2 is 1.92 bits per heavy atom. The number of nitrogens with one attached hydrogen (secondary N) is 1. The summed E-state index contributed by atoms with van der Waals surface area (Å²) in [5.74, 6) is -0.0690. The fourth-order valence-corrected chi connectivity index (χ4v) is 1.08. The van der Waals surface area contributed by atoms with Gasteiger partial charge in [-0.2, -0.15) is 0 Å². The molecule has 3 nitrogen and oxygen atoms in total. The average Bonchev–Trinajstić information content (AvgIpc) is 2.03. The second-order valence-corrected chi connectivity index (χ2v) is 3.98. The summed E-state index contributed by atoms with van der Waals surface area (Å²) in [7, 11) is 0. The van der Waals surface area contributed by atoms with Crippen molar-refractivity contribution in [1.82, 2.24) is 5.32 Å². The molecule has 13 heavy (non-hydrogen) atoms. The summed E-state index contributed by atoms with van der Waals surface area (Å²) >= 11 is 0. The Labute approximate surface area is 80.5 Å². The van der Waals surface area contributed by atoms with Crippen molar-refractivity contribution >= 4 is 5.97 Å². The summed E-state index contributed by atoms with van der Waals surface area (Å²) in [6.45, 7) is 8.85. The molecule has 0 spiro atoms. The number of carbonyl (C=O) groups is 1. The highest BCUT2D eigenvalue weighted by molar-refractivity contribution is 5.73. The molecule has 2 N–H and O–H groups in total. The van der Waals surface area contributed by atoms with Crippen LogP contribution in [0.5, 0.6) is 0 Å². The van der Waals surface area contributed by atoms with Crippen LogP contribution in [-0.4, -0.2) is 23.7 Å². The van der Waals surface area contributed by atoms with E-state index in [9.17, 15) is 4.79 Å². The van der Waals surface area contributed by atoms with E-state index in [2.05, 4.69) is 19.2 Å². The van der Waals surface area contributed by atoms with Crippen LogP contribution in [0.3, 0.4) is 0 Å². The van der Waals surface area contributed by atoms with Gasteiger partial charge < -0.3 is 10.4 Å². The summed E-state index contributed by atoms with van der Waals surface area (Å²) in [5, 5.41) is 11.9. The molecule has 0 amide bonds. The molecular formula is C10H21NO2. The molecule has 0 heterocycles. The van der Waals surface area contributed by atoms with E-state index in [4.69, 9.17) is 5.11 Å². The fourth-order valence-electron chi connectivity index (χ4n) is 1.08. The Balaban J connectivity index is 3.90. The Morgan fingerprint density at radius 3 is 2.23 bits per heavy atom. The van der Waals surface area contributed by atoms with E-state index in [0.29, 0.717) is 5.92 Å². The van der Waals surface area contributed by atoms with E-state index in [1.165, 1.54) is 0 Å². The second-order valence-electron chi connectivity index (χ2n) is 3.98. The molecule has 0 aromatic rings. The second kappa shape index (κ2) is 5.97. The normalized spacial score (nSPS) is 15.8. The lowest BCUT2D eigenvalue weighted by atomic mass is 10.0. The van der Waals surface area contributed by atoms with Gasteiger partial charge in [0.25, 0.3) is 0 Å². The molecule has 0 fully saturated rings. The largest absolute Gasteiger partial charge is 0.480 e. The van der Waals surface area contributed by atoms with Gasteiger partial charge in [-0.25, -0.2) is 0 Å². The number of hydrogen-bond donors (Lipinski definition) is 2. The number of aliphatic carboxylic acids is 1. The van der Waals surface area contributed by atoms with E-state index in [1.807, 2.05) is 13.8 Å². The average molecular weight is 187 g/mol. The van der Waals surface area contributed by atoms with Gasteiger partial charge in [0.15, 0.2) is 0 Å². The SMILES string of the molecule is CCC(C)CNC(C(=O)O)C(C)C. The van der Waals surface area contributed by atoms with Gasteiger partial charge in [-0.15, -0.1) is 0 Å². The number of carboxylic acid groups (broad SMARTS) is 1. The highest BCUT2D eigenvalue weighted by Gasteiger charge is 2.20. The maximum Gasteiger partial charge on any atom is 0.320 e. The topological polar surface area (TPSA) is 49.3 Å². The van der Waals surface area contributed by atoms with Crippen LogP contribution >= 0.6 is 0 Å². The predicted molar refractivity (Wildman–Crippen MR) is 53.7 cm³/mol. The van der Waals surface area contributed by atoms with Crippen molar-refractivity contribution in [3.05, 3.63) is 0 Å². The van der Waals surface area contributed by atoms with E-state index < -0.39 is 12.0 Å². The maximum absolute atomic E-state index is 10.8. The molecular weight excluding hydrogens is 166 g/mol. The minimum absolute atomic E-state index is 0.140. The molecule has 2 atom stereocenters. The van der Waals surface area contributed by atoms with Crippen LogP contribution in [0.15, 0.2) is 0 Å². The van der Waals surface area contributed by atoms with Crippen LogP contribution in [0.2, 0.25) is 0 Å². The van der Waals surface area contributed by atoms with Crippen molar-refractivity contribution in [2.45, 2.75) is 40.2 Å². The molecule has 0 saturated carbocycles. The minimum atomic E-state index is -0.752. The first-order valence-electron chi connectivity index (χ1n) is 4.95. The van der Waals surface area contributed by atoms with Gasteiger partial charge in [0.2, 0.25) is 0 Å². The molecule has 0 bridgehead atoms. The molecule has 78 valence electrons. The van der Waals surface area contributed by atoms with Gasteiger partial charge in [-0.05, 0) is 18.4 Å². The van der Waals surface area contributed by atoms with E-state index in [0.717, 1.165) is 13.0 Å². The quantitative estimate of drug-likeness (QED) is 0.665. The predicted octanol–water partition coefficient (Wildman–Crippen LogP) is 1.73. The van der Waals surface area contributed by atoms with Crippen molar-refractivity contribution in [2.24, 2.45) is 11.8 Å². The van der Waals surface area contributed by atoms with Crippen molar-refractivity contribution in [2.75, 3.05) is 6.54 Å². The van der Waals surface area contributed by atoms with Crippen molar-refractivity contribution in [3.63, 3.8) is 0 Å². The highest BCUT2D eigenvalue weighted by Crippen LogP contribution is 2.04.